The van der Waals surface area contributed by atoms with E-state index in [1.54, 1.807) is 13.0 Å². The van der Waals surface area contributed by atoms with Crippen molar-refractivity contribution in [1.29, 1.82) is 5.26 Å². The van der Waals surface area contributed by atoms with Crippen molar-refractivity contribution < 1.29 is 18.3 Å². The third-order valence-electron chi connectivity index (χ3n) is 5.59. The lowest BCUT2D eigenvalue weighted by Crippen LogP contribution is -2.33. The number of nitrogens with zero attached hydrogens (tertiary/aromatic N) is 3. The van der Waals surface area contributed by atoms with Gasteiger partial charge in [-0.2, -0.15) is 5.26 Å². The van der Waals surface area contributed by atoms with E-state index in [0.29, 0.717) is 6.61 Å². The van der Waals surface area contributed by atoms with Gasteiger partial charge in [0, 0.05) is 31.0 Å². The van der Waals surface area contributed by atoms with Crippen LogP contribution in [-0.4, -0.2) is 54.6 Å². The number of alkyl halides is 2. The van der Waals surface area contributed by atoms with E-state index in [1.165, 1.54) is 30.0 Å². The van der Waals surface area contributed by atoms with Crippen LogP contribution in [0.25, 0.3) is 11.5 Å². The summed E-state index contributed by atoms with van der Waals surface area (Å²) in [4.78, 5) is 27.1. The molecule has 11 heteroatoms. The molecule has 1 aromatic carbocycles. The number of carbonyl (C=O) groups excluding carboxylic acids is 1. The Labute approximate surface area is 217 Å². The van der Waals surface area contributed by atoms with Gasteiger partial charge in [-0.1, -0.05) is 35.3 Å². The van der Waals surface area contributed by atoms with Gasteiger partial charge in [-0.25, -0.2) is 8.78 Å². The van der Waals surface area contributed by atoms with E-state index in [0.717, 1.165) is 42.4 Å². The molecule has 1 saturated heterocycles. The molecule has 0 bridgehead atoms. The average molecular weight is 530 g/mol. The number of nitriles is 1. The van der Waals surface area contributed by atoms with E-state index in [-0.39, 0.29) is 21.3 Å². The number of benzene rings is 1. The summed E-state index contributed by atoms with van der Waals surface area (Å²) in [5.41, 5.74) is 5.37. The van der Waals surface area contributed by atoms with Gasteiger partial charge in [-0.3, -0.25) is 19.1 Å². The predicted molar refractivity (Wildman–Crippen MR) is 139 cm³/mol. The van der Waals surface area contributed by atoms with Gasteiger partial charge in [0.2, 0.25) is 0 Å². The lowest BCUT2D eigenvalue weighted by atomic mass is 10.1. The van der Waals surface area contributed by atoms with E-state index >= 15 is 0 Å². The average Bonchev–Trinajstić information content (AvgIpc) is 3.20. The zero-order valence-corrected chi connectivity index (χ0v) is 21.4. The number of halogens is 2. The van der Waals surface area contributed by atoms with Crippen LogP contribution in [0.15, 0.2) is 40.8 Å². The van der Waals surface area contributed by atoms with Gasteiger partial charge >= 0.3 is 0 Å². The summed E-state index contributed by atoms with van der Waals surface area (Å²) in [6, 6.07) is 9.09. The van der Waals surface area contributed by atoms with Gasteiger partial charge in [0.15, 0.2) is 5.57 Å². The maximum absolute atomic E-state index is 12.7. The largest absolute Gasteiger partial charge is 0.492 e. The van der Waals surface area contributed by atoms with E-state index in [4.69, 9.17) is 4.74 Å². The standard InChI is InChI=1S/C26H29F2N5O3S/c1-2-33-24(15-19(17-29)25(34)31-18-23(27)28)37-22(26(33)35)9-10-30-20-7-6-8-21(16-20)36-14-13-32-11-4-3-5-12-32/h6-8,10,16,23,30H,2-5,11-14,18H2,1H3,(H,31,34). The Bertz CT molecular complexity index is 1380. The zero-order chi connectivity index (χ0) is 26.6. The highest BCUT2D eigenvalue weighted by Gasteiger charge is 2.12. The van der Waals surface area contributed by atoms with Gasteiger partial charge in [0.1, 0.15) is 27.6 Å². The first-order valence-corrected chi connectivity index (χ1v) is 12.9. The lowest BCUT2D eigenvalue weighted by Gasteiger charge is -2.26. The van der Waals surface area contributed by atoms with E-state index < -0.39 is 24.5 Å². The molecular formula is C26H29F2N5O3S. The van der Waals surface area contributed by atoms with Crippen LogP contribution in [0, 0.1) is 11.3 Å². The van der Waals surface area contributed by atoms with Crippen molar-refractivity contribution in [3.8, 4) is 11.8 Å². The van der Waals surface area contributed by atoms with Crippen LogP contribution in [0.2, 0.25) is 0 Å². The van der Waals surface area contributed by atoms with Crippen molar-refractivity contribution in [3.05, 3.63) is 55.6 Å². The Morgan fingerprint density at radius 3 is 2.78 bits per heavy atom. The van der Waals surface area contributed by atoms with Crippen LogP contribution in [0.3, 0.4) is 0 Å². The monoisotopic (exact) mass is 529 g/mol. The first-order chi connectivity index (χ1) is 17.9. The number of ether oxygens (including phenoxy) is 1. The number of piperidine rings is 1. The smallest absolute Gasteiger partial charge is 0.277 e. The zero-order valence-electron chi connectivity index (χ0n) is 20.6. The van der Waals surface area contributed by atoms with E-state index in [1.807, 2.05) is 29.6 Å². The van der Waals surface area contributed by atoms with Crippen LogP contribution in [-0.2, 0) is 11.3 Å². The SMILES string of the molecule is CCn1c(=C=C(C#N)C(=O)NCC(F)F)sc(=C=CNc2cccc(OCCN3CCCCC3)c2)c1=O. The van der Waals surface area contributed by atoms with Crippen molar-refractivity contribution in [2.24, 2.45) is 0 Å². The predicted octanol–water partition coefficient (Wildman–Crippen LogP) is 2.01. The molecule has 1 aromatic heterocycles. The Morgan fingerprint density at radius 2 is 2.08 bits per heavy atom. The molecule has 0 saturated carbocycles. The summed E-state index contributed by atoms with van der Waals surface area (Å²) in [7, 11) is 0. The van der Waals surface area contributed by atoms with Crippen molar-refractivity contribution >= 4 is 34.4 Å². The van der Waals surface area contributed by atoms with Gasteiger partial charge in [0.05, 0.1) is 6.54 Å². The molecule has 2 heterocycles. The molecule has 1 aliphatic heterocycles. The Hall–Kier alpha value is -3.67. The number of hydrogen-bond donors (Lipinski definition) is 2. The fourth-order valence-electron chi connectivity index (χ4n) is 3.72. The van der Waals surface area contributed by atoms with Crippen LogP contribution >= 0.6 is 11.3 Å². The van der Waals surface area contributed by atoms with Crippen LogP contribution in [0.5, 0.6) is 5.75 Å². The summed E-state index contributed by atoms with van der Waals surface area (Å²) >= 11 is 0.987. The van der Waals surface area contributed by atoms with E-state index in [9.17, 15) is 23.6 Å². The molecule has 0 spiro atoms. The number of thiazole rings is 1. The second-order valence-corrected chi connectivity index (χ2v) is 9.21. The summed E-state index contributed by atoms with van der Waals surface area (Å²) in [5.74, 6) is -0.247. The topological polar surface area (TPSA) is 99.4 Å². The third kappa shape index (κ3) is 8.45. The number of anilines is 1. The Morgan fingerprint density at radius 1 is 1.30 bits per heavy atom. The number of rotatable bonds is 10. The van der Waals surface area contributed by atoms with Crippen LogP contribution in [0.4, 0.5) is 14.5 Å². The van der Waals surface area contributed by atoms with Crippen LogP contribution < -0.4 is 30.1 Å². The molecule has 196 valence electrons. The molecule has 0 unspecified atom stereocenters. The third-order valence-corrected chi connectivity index (χ3v) is 6.60. The molecule has 3 rings (SSSR count). The van der Waals surface area contributed by atoms with Gasteiger partial charge in [0.25, 0.3) is 17.9 Å². The summed E-state index contributed by atoms with van der Waals surface area (Å²) in [5, 5.41) is 14.3. The number of aromatic nitrogens is 1. The highest BCUT2D eigenvalue weighted by molar-refractivity contribution is 7.07. The van der Waals surface area contributed by atoms with E-state index in [2.05, 4.69) is 21.7 Å². The highest BCUT2D eigenvalue weighted by Crippen LogP contribution is 2.17. The molecule has 2 N–H and O–H groups in total. The normalized spacial score (nSPS) is 13.3. The molecule has 8 nitrogen and oxygen atoms in total. The highest BCUT2D eigenvalue weighted by atomic mass is 32.1. The first kappa shape index (κ1) is 27.9. The van der Waals surface area contributed by atoms with Gasteiger partial charge in [-0.05, 0) is 45.0 Å². The van der Waals surface area contributed by atoms with Crippen molar-refractivity contribution in [1.82, 2.24) is 14.8 Å². The Kier molecular flexibility index (Phi) is 10.7. The minimum absolute atomic E-state index is 0.219. The van der Waals surface area contributed by atoms with Crippen molar-refractivity contribution in [2.45, 2.75) is 39.2 Å². The maximum Gasteiger partial charge on any atom is 0.277 e. The fraction of sp³-hybridized carbons (Fsp3) is 0.423. The number of likely N-dealkylation sites (tertiary alicyclic amines) is 1. The summed E-state index contributed by atoms with van der Waals surface area (Å²) < 4.78 is 32.4. The fourth-order valence-corrected chi connectivity index (χ4v) is 4.70. The first-order valence-electron chi connectivity index (χ1n) is 12.0. The molecule has 0 aliphatic carbocycles. The lowest BCUT2D eigenvalue weighted by molar-refractivity contribution is -0.117. The van der Waals surface area contributed by atoms with Crippen molar-refractivity contribution in [2.75, 3.05) is 38.1 Å². The minimum atomic E-state index is -2.75. The number of hydrogen-bond acceptors (Lipinski definition) is 7. The molecule has 37 heavy (non-hydrogen) atoms. The summed E-state index contributed by atoms with van der Waals surface area (Å²) in [6.07, 6.45) is 2.52. The molecule has 1 aliphatic rings. The molecule has 1 fully saturated rings. The molecule has 0 radical (unpaired) electrons. The number of amides is 1. The van der Waals surface area contributed by atoms with Crippen molar-refractivity contribution in [3.63, 3.8) is 0 Å². The second kappa shape index (κ2) is 14.2. The number of nitrogens with one attached hydrogen (secondary N) is 2. The maximum atomic E-state index is 12.7. The van der Waals surface area contributed by atoms with Gasteiger partial charge < -0.3 is 15.4 Å². The molecule has 0 atom stereocenters. The Balaban J connectivity index is 1.76. The molecular weight excluding hydrogens is 500 g/mol. The van der Waals surface area contributed by atoms with Crippen LogP contribution in [0.1, 0.15) is 26.2 Å². The minimum Gasteiger partial charge on any atom is -0.492 e. The quantitative estimate of drug-likeness (QED) is 0.361. The number of carbonyl (C=O) groups is 1. The second-order valence-electron chi connectivity index (χ2n) is 8.21. The molecule has 2 aromatic rings. The summed E-state index contributed by atoms with van der Waals surface area (Å²) in [6.45, 7) is 4.85. The van der Waals surface area contributed by atoms with Gasteiger partial charge in [-0.15, -0.1) is 0 Å². The molecule has 1 amide bonds.